The fraction of sp³-hybridized carbons (Fsp3) is 0.188. The molecule has 0 fully saturated rings. The van der Waals surface area contributed by atoms with Crippen LogP contribution >= 0.6 is 15.9 Å². The zero-order valence-electron chi connectivity index (χ0n) is 11.7. The van der Waals surface area contributed by atoms with E-state index in [9.17, 15) is 14.3 Å². The van der Waals surface area contributed by atoms with E-state index in [1.165, 1.54) is 12.1 Å². The first kappa shape index (κ1) is 15.5. The fourth-order valence-electron chi connectivity index (χ4n) is 2.20. The normalized spacial score (nSPS) is 13.5. The second kappa shape index (κ2) is 5.85. The summed E-state index contributed by atoms with van der Waals surface area (Å²) in [5.41, 5.74) is 0.338. The number of halogens is 2. The van der Waals surface area contributed by atoms with Crippen molar-refractivity contribution < 1.29 is 14.3 Å². The number of aryl methyl sites for hydroxylation is 1. The molecule has 0 saturated carbocycles. The quantitative estimate of drug-likeness (QED) is 0.862. The summed E-state index contributed by atoms with van der Waals surface area (Å²) in [6.07, 6.45) is 0. The van der Waals surface area contributed by atoms with Gasteiger partial charge in [-0.1, -0.05) is 34.1 Å². The summed E-state index contributed by atoms with van der Waals surface area (Å²) < 4.78 is 14.2. The van der Waals surface area contributed by atoms with Crippen LogP contribution in [0.2, 0.25) is 0 Å². The van der Waals surface area contributed by atoms with Crippen molar-refractivity contribution >= 4 is 27.6 Å². The Kier molecular flexibility index (Phi) is 4.32. The van der Waals surface area contributed by atoms with Gasteiger partial charge in [-0.05, 0) is 43.7 Å². The van der Waals surface area contributed by atoms with E-state index in [0.717, 1.165) is 5.56 Å². The molecule has 21 heavy (non-hydrogen) atoms. The van der Waals surface area contributed by atoms with Gasteiger partial charge in [0.25, 0.3) is 0 Å². The lowest BCUT2D eigenvalue weighted by molar-refractivity contribution is -0.142. The predicted molar refractivity (Wildman–Crippen MR) is 83.9 cm³/mol. The first-order valence-corrected chi connectivity index (χ1v) is 7.16. The number of carboxylic acid groups (broad SMARTS) is 1. The summed E-state index contributed by atoms with van der Waals surface area (Å²) in [6, 6.07) is 11.4. The monoisotopic (exact) mass is 351 g/mol. The van der Waals surface area contributed by atoms with Crippen LogP contribution in [0.15, 0.2) is 46.9 Å². The molecule has 1 atom stereocenters. The Morgan fingerprint density at radius 3 is 2.52 bits per heavy atom. The third kappa shape index (κ3) is 3.24. The van der Waals surface area contributed by atoms with E-state index in [0.29, 0.717) is 15.7 Å². The lowest BCUT2D eigenvalue weighted by atomic mass is 9.91. The first-order chi connectivity index (χ1) is 9.83. The summed E-state index contributed by atoms with van der Waals surface area (Å²) in [7, 11) is 0. The number of carbonyl (C=O) groups is 1. The SMILES string of the molecule is Cc1cc(F)cc(NC(C)(C(=O)O)c2ccccc2Br)c1. The van der Waals surface area contributed by atoms with Gasteiger partial charge in [0.1, 0.15) is 5.82 Å². The van der Waals surface area contributed by atoms with Crippen molar-refractivity contribution in [1.82, 2.24) is 0 Å². The molecule has 0 bridgehead atoms. The maximum Gasteiger partial charge on any atom is 0.333 e. The van der Waals surface area contributed by atoms with E-state index in [1.807, 2.05) is 6.07 Å². The Labute approximate surface area is 130 Å². The molecule has 0 heterocycles. The highest BCUT2D eigenvalue weighted by atomic mass is 79.9. The second-order valence-electron chi connectivity index (χ2n) is 5.05. The number of aliphatic carboxylic acids is 1. The Hall–Kier alpha value is -1.88. The number of nitrogens with one attached hydrogen (secondary N) is 1. The number of hydrogen-bond donors (Lipinski definition) is 2. The van der Waals surface area contributed by atoms with Crippen molar-refractivity contribution in [2.75, 3.05) is 5.32 Å². The van der Waals surface area contributed by atoms with E-state index in [2.05, 4.69) is 21.2 Å². The number of benzene rings is 2. The molecule has 0 aliphatic heterocycles. The van der Waals surface area contributed by atoms with E-state index >= 15 is 0 Å². The van der Waals surface area contributed by atoms with Gasteiger partial charge < -0.3 is 10.4 Å². The molecule has 0 aliphatic rings. The van der Waals surface area contributed by atoms with Crippen LogP contribution in [0.5, 0.6) is 0 Å². The van der Waals surface area contributed by atoms with Gasteiger partial charge in [-0.15, -0.1) is 0 Å². The molecule has 2 aromatic rings. The van der Waals surface area contributed by atoms with Gasteiger partial charge in [-0.3, -0.25) is 0 Å². The van der Waals surface area contributed by atoms with E-state index < -0.39 is 17.3 Å². The van der Waals surface area contributed by atoms with Crippen LogP contribution in [-0.2, 0) is 10.3 Å². The van der Waals surface area contributed by atoms with E-state index in [1.54, 1.807) is 38.1 Å². The molecule has 3 nitrogen and oxygen atoms in total. The average molecular weight is 352 g/mol. The Morgan fingerprint density at radius 1 is 1.29 bits per heavy atom. The second-order valence-corrected chi connectivity index (χ2v) is 5.91. The van der Waals surface area contributed by atoms with Crippen LogP contribution < -0.4 is 5.32 Å². The Morgan fingerprint density at radius 2 is 1.95 bits per heavy atom. The smallest absolute Gasteiger partial charge is 0.333 e. The van der Waals surface area contributed by atoms with Crippen molar-refractivity contribution in [2.24, 2.45) is 0 Å². The van der Waals surface area contributed by atoms with Crippen molar-refractivity contribution in [2.45, 2.75) is 19.4 Å². The van der Waals surface area contributed by atoms with Crippen molar-refractivity contribution in [3.8, 4) is 0 Å². The van der Waals surface area contributed by atoms with Gasteiger partial charge in [0.05, 0.1) is 0 Å². The number of anilines is 1. The molecule has 0 aliphatic carbocycles. The molecular formula is C16H15BrFNO2. The third-order valence-electron chi connectivity index (χ3n) is 3.28. The molecule has 2 aromatic carbocycles. The minimum atomic E-state index is -1.37. The average Bonchev–Trinajstić information content (AvgIpc) is 2.37. The van der Waals surface area contributed by atoms with Crippen LogP contribution in [0.3, 0.4) is 0 Å². The molecule has 110 valence electrons. The van der Waals surface area contributed by atoms with Gasteiger partial charge in [0, 0.05) is 15.7 Å². The zero-order chi connectivity index (χ0) is 15.6. The van der Waals surface area contributed by atoms with Crippen LogP contribution in [0.4, 0.5) is 10.1 Å². The van der Waals surface area contributed by atoms with Crippen LogP contribution in [0, 0.1) is 12.7 Å². The summed E-state index contributed by atoms with van der Waals surface area (Å²) >= 11 is 3.37. The van der Waals surface area contributed by atoms with Gasteiger partial charge in [-0.2, -0.15) is 0 Å². The molecule has 2 rings (SSSR count). The number of rotatable bonds is 4. The zero-order valence-corrected chi connectivity index (χ0v) is 13.2. The molecule has 0 radical (unpaired) electrons. The summed E-state index contributed by atoms with van der Waals surface area (Å²) in [5, 5.41) is 12.6. The lowest BCUT2D eigenvalue weighted by Gasteiger charge is -2.29. The third-order valence-corrected chi connectivity index (χ3v) is 3.97. The van der Waals surface area contributed by atoms with E-state index in [-0.39, 0.29) is 0 Å². The predicted octanol–water partition coefficient (Wildman–Crippen LogP) is 4.31. The van der Waals surface area contributed by atoms with Gasteiger partial charge in [0.15, 0.2) is 5.54 Å². The maximum atomic E-state index is 13.5. The summed E-state index contributed by atoms with van der Waals surface area (Å²) in [5.74, 6) is -1.45. The Bertz CT molecular complexity index is 669. The highest BCUT2D eigenvalue weighted by molar-refractivity contribution is 9.10. The molecular weight excluding hydrogens is 337 g/mol. The highest BCUT2D eigenvalue weighted by Crippen LogP contribution is 2.32. The standard InChI is InChI=1S/C16H15BrFNO2/c1-10-7-11(18)9-12(8-10)19-16(2,15(20)21)13-5-3-4-6-14(13)17/h3-9,19H,1-2H3,(H,20,21). The van der Waals surface area contributed by atoms with Gasteiger partial charge in [0.2, 0.25) is 0 Å². The molecule has 2 N–H and O–H groups in total. The number of carboxylic acids is 1. The molecule has 5 heteroatoms. The van der Waals surface area contributed by atoms with Gasteiger partial charge in [-0.25, -0.2) is 9.18 Å². The van der Waals surface area contributed by atoms with Crippen molar-refractivity contribution in [3.05, 3.63) is 63.9 Å². The minimum Gasteiger partial charge on any atom is -0.479 e. The molecule has 0 aromatic heterocycles. The van der Waals surface area contributed by atoms with Gasteiger partial charge >= 0.3 is 5.97 Å². The highest BCUT2D eigenvalue weighted by Gasteiger charge is 2.36. The van der Waals surface area contributed by atoms with Crippen LogP contribution in [0.25, 0.3) is 0 Å². The molecule has 0 amide bonds. The minimum absolute atomic E-state index is 0.405. The van der Waals surface area contributed by atoms with Crippen molar-refractivity contribution in [1.29, 1.82) is 0 Å². The number of hydrogen-bond acceptors (Lipinski definition) is 2. The summed E-state index contributed by atoms with van der Waals surface area (Å²) in [6.45, 7) is 3.31. The molecule has 0 saturated heterocycles. The fourth-order valence-corrected chi connectivity index (χ4v) is 2.88. The lowest BCUT2D eigenvalue weighted by Crippen LogP contribution is -2.40. The van der Waals surface area contributed by atoms with Crippen molar-refractivity contribution in [3.63, 3.8) is 0 Å². The first-order valence-electron chi connectivity index (χ1n) is 6.37. The van der Waals surface area contributed by atoms with E-state index in [4.69, 9.17) is 0 Å². The summed E-state index contributed by atoms with van der Waals surface area (Å²) in [4.78, 5) is 11.8. The largest absolute Gasteiger partial charge is 0.479 e. The Balaban J connectivity index is 2.49. The topological polar surface area (TPSA) is 49.3 Å². The molecule has 0 spiro atoms. The van der Waals surface area contributed by atoms with Crippen LogP contribution in [-0.4, -0.2) is 11.1 Å². The maximum absolute atomic E-state index is 13.5. The van der Waals surface area contributed by atoms with Crippen LogP contribution in [0.1, 0.15) is 18.1 Å². The molecule has 1 unspecified atom stereocenters.